The molecule has 7 rings (SSSR count). The maximum Gasteiger partial charge on any atom is 0.475 e. The van der Waals surface area contributed by atoms with Crippen LogP contribution in [0.1, 0.15) is 132 Å². The summed E-state index contributed by atoms with van der Waals surface area (Å²) in [4.78, 5) is 12.2. The third-order valence-electron chi connectivity index (χ3n) is 14.0. The van der Waals surface area contributed by atoms with Gasteiger partial charge < -0.3 is 50.8 Å². The van der Waals surface area contributed by atoms with Gasteiger partial charge in [0.2, 0.25) is 11.2 Å². The number of anilines is 2. The van der Waals surface area contributed by atoms with Crippen molar-refractivity contribution >= 4 is 30.5 Å². The molecule has 0 unspecified atom stereocenters. The van der Waals surface area contributed by atoms with Crippen molar-refractivity contribution in [1.82, 2.24) is 34.2 Å². The van der Waals surface area contributed by atoms with Gasteiger partial charge in [0.25, 0.3) is 0 Å². The predicted octanol–water partition coefficient (Wildman–Crippen LogP) is 5.60. The second-order valence-electron chi connectivity index (χ2n) is 19.5. The number of aromatic nitrogens is 7. The van der Waals surface area contributed by atoms with E-state index in [4.69, 9.17) is 44.0 Å². The van der Waals surface area contributed by atoms with E-state index in [1.165, 1.54) is 110 Å². The highest BCUT2D eigenvalue weighted by Gasteiger charge is 2.59. The summed E-state index contributed by atoms with van der Waals surface area (Å²) < 4.78 is 59.3. The van der Waals surface area contributed by atoms with Crippen LogP contribution in [-0.2, 0) is 54.9 Å². The van der Waals surface area contributed by atoms with Crippen molar-refractivity contribution < 1.29 is 57.5 Å². The highest BCUT2D eigenvalue weighted by Crippen LogP contribution is 2.52. The molecule has 0 bridgehead atoms. The van der Waals surface area contributed by atoms with Crippen LogP contribution in [0, 0.1) is 34.0 Å². The lowest BCUT2D eigenvalue weighted by Crippen LogP contribution is -2.41. The fraction of sp³-hybridized carbons (Fsp3) is 0.615. The van der Waals surface area contributed by atoms with E-state index in [9.17, 15) is 40.8 Å². The van der Waals surface area contributed by atoms with E-state index in [0.29, 0.717) is 12.3 Å². The minimum Gasteiger partial charge on any atom is -0.387 e. The molecule has 2 fully saturated rings. The molecule has 5 aromatic rings. The van der Waals surface area contributed by atoms with Gasteiger partial charge in [-0.1, -0.05) is 109 Å². The van der Waals surface area contributed by atoms with Crippen molar-refractivity contribution in [1.29, 1.82) is 15.8 Å². The van der Waals surface area contributed by atoms with E-state index in [2.05, 4.69) is 32.1 Å². The Labute approximate surface area is 447 Å². The first-order chi connectivity index (χ1) is 37.3. The van der Waals surface area contributed by atoms with E-state index in [1.807, 2.05) is 18.2 Å². The van der Waals surface area contributed by atoms with Gasteiger partial charge in [-0.15, -0.1) is 0 Å². The number of ether oxygens (including phenoxy) is 4. The lowest BCUT2D eigenvalue weighted by molar-refractivity contribution is -0.0803. The number of nitriles is 3. The van der Waals surface area contributed by atoms with Gasteiger partial charge in [0.15, 0.2) is 11.6 Å². The van der Waals surface area contributed by atoms with E-state index in [1.54, 1.807) is 18.2 Å². The Kier molecular flexibility index (Phi) is 21.6. The van der Waals surface area contributed by atoms with Crippen LogP contribution in [0.15, 0.2) is 55.1 Å². The van der Waals surface area contributed by atoms with E-state index < -0.39 is 81.6 Å². The van der Waals surface area contributed by atoms with Crippen LogP contribution in [0.3, 0.4) is 0 Å². The van der Waals surface area contributed by atoms with Crippen molar-refractivity contribution in [3.8, 4) is 18.2 Å². The maximum atomic E-state index is 14.9. The normalized spacial score (nSPS) is 23.8. The van der Waals surface area contributed by atoms with Crippen LogP contribution in [0.25, 0.3) is 11.0 Å². The second-order valence-corrected chi connectivity index (χ2v) is 21.1. The van der Waals surface area contributed by atoms with Gasteiger partial charge in [-0.05, 0) is 42.8 Å². The molecule has 0 aliphatic carbocycles. The molecule has 77 heavy (non-hydrogen) atoms. The first kappa shape index (κ1) is 58.9. The molecule has 9 atom stereocenters. The number of aliphatic hydroxyl groups is 4. The van der Waals surface area contributed by atoms with Crippen LogP contribution in [0.4, 0.5) is 11.6 Å². The number of phosphoric ester groups is 1. The predicted molar refractivity (Wildman–Crippen MR) is 277 cm³/mol. The van der Waals surface area contributed by atoms with Crippen LogP contribution in [0.5, 0.6) is 0 Å². The van der Waals surface area contributed by atoms with Gasteiger partial charge in [-0.2, -0.15) is 26.0 Å². The highest BCUT2D eigenvalue weighted by atomic mass is 31.2. The quantitative estimate of drug-likeness (QED) is 0.0220. The number of phosphoric acid groups is 1. The Hall–Kier alpha value is -5.75. The molecule has 24 nitrogen and oxygen atoms in total. The molecule has 7 heterocycles. The first-order valence-electron chi connectivity index (χ1n) is 26.5. The molecular formula is C52H71N12O12P. The standard InChI is InChI=1S/C52H71N12O12P/c1-2-3-4-5-6-7-8-9-10-11-12-13-14-15-16-17-25-70-28-38(71-27-37-20-18-19-36(26-53)62-37)29-72-77(69,73-30-41-45(65)47(67)51(32-54,75-41)43-23-21-39-49(56)58-34-60-63(39)43)74-31-42-46(66)48(68)52(33-55,76-42)44-24-22-40-50(57)59-35-61-64(40)44/h18-24,34-35,38,41-42,45-48,65-68H,2-17,25,27-31H2,1H3,(H2,56,58,60)(H2,57,59,61)/t38-,41-,42-,45-,46-,47-,48-,51+,52+/m1/s1. The zero-order valence-corrected chi connectivity index (χ0v) is 44.3. The Morgan fingerprint density at radius 3 is 1.62 bits per heavy atom. The van der Waals surface area contributed by atoms with Crippen LogP contribution in [0.2, 0.25) is 0 Å². The zero-order chi connectivity index (χ0) is 54.8. The third-order valence-corrected chi connectivity index (χ3v) is 15.4. The van der Waals surface area contributed by atoms with Gasteiger partial charge in [0, 0.05) is 6.61 Å². The van der Waals surface area contributed by atoms with E-state index in [-0.39, 0.29) is 53.0 Å². The molecule has 8 N–H and O–H groups in total. The Morgan fingerprint density at radius 2 is 1.16 bits per heavy atom. The minimum atomic E-state index is -4.96. The Balaban J connectivity index is 1.01. The molecular weight excluding hydrogens is 1020 g/mol. The fourth-order valence-corrected chi connectivity index (χ4v) is 10.9. The smallest absolute Gasteiger partial charge is 0.387 e. The lowest BCUT2D eigenvalue weighted by Gasteiger charge is -2.26. The van der Waals surface area contributed by atoms with E-state index >= 15 is 0 Å². The number of aliphatic hydroxyl groups excluding tert-OH is 4. The van der Waals surface area contributed by atoms with Gasteiger partial charge >= 0.3 is 7.82 Å². The molecule has 2 saturated heterocycles. The molecule has 0 spiro atoms. The second kappa shape index (κ2) is 28.2. The zero-order valence-electron chi connectivity index (χ0n) is 43.4. The molecule has 0 aromatic carbocycles. The SMILES string of the molecule is CCCCCCCCCCCCCCCCCCOC[C@H](COP(=O)(OC[C@H]1O[C@@](C#N)(c2ccc3c(N)ncnn23)[C@H](O)[C@@H]1O)OC[C@H]1O[C@@](C#N)(c2ccc3c(N)ncnn23)[C@H](O)[C@@H]1O)OCc1cccc(C#N)n1. The van der Waals surface area contributed by atoms with E-state index in [0.717, 1.165) is 38.3 Å². The number of unbranched alkanes of at least 4 members (excludes halogenated alkanes) is 15. The fourth-order valence-electron chi connectivity index (χ4n) is 9.65. The van der Waals surface area contributed by atoms with Crippen LogP contribution in [-0.4, -0.2) is 130 Å². The van der Waals surface area contributed by atoms with Crippen LogP contribution < -0.4 is 11.5 Å². The molecule has 2 aliphatic heterocycles. The largest absolute Gasteiger partial charge is 0.475 e. The minimum absolute atomic E-state index is 0.0000223. The molecule has 0 saturated carbocycles. The van der Waals surface area contributed by atoms with Crippen molar-refractivity contribution in [3.63, 3.8) is 0 Å². The summed E-state index contributed by atoms with van der Waals surface area (Å²) in [5.74, 6) is 0.137. The number of nitrogens with zero attached hydrogens (tertiary/aromatic N) is 10. The summed E-state index contributed by atoms with van der Waals surface area (Å²) in [6.45, 7) is 0.312. The van der Waals surface area contributed by atoms with Crippen molar-refractivity contribution in [2.45, 2.75) is 170 Å². The molecule has 0 radical (unpaired) electrons. The Morgan fingerprint density at radius 1 is 0.675 bits per heavy atom. The highest BCUT2D eigenvalue weighted by molar-refractivity contribution is 7.48. The lowest BCUT2D eigenvalue weighted by atomic mass is 9.92. The summed E-state index contributed by atoms with van der Waals surface area (Å²) in [5.41, 5.74) is 8.70. The topological polar surface area (TPSA) is 359 Å². The number of nitrogen functional groups attached to an aromatic ring is 2. The van der Waals surface area contributed by atoms with Crippen LogP contribution >= 0.6 is 7.82 Å². The molecule has 5 aromatic heterocycles. The first-order valence-corrected chi connectivity index (χ1v) is 28.0. The maximum absolute atomic E-state index is 14.9. The van der Waals surface area contributed by atoms with Gasteiger partial charge in [-0.3, -0.25) is 13.6 Å². The summed E-state index contributed by atoms with van der Waals surface area (Å²) in [6.07, 6.45) is 10.4. The molecule has 0 amide bonds. The molecule has 416 valence electrons. The average molecular weight is 1090 g/mol. The van der Waals surface area contributed by atoms with Gasteiger partial charge in [0.05, 0.1) is 50.1 Å². The number of hydrogen-bond acceptors (Lipinski definition) is 22. The number of hydrogen-bond donors (Lipinski definition) is 6. The summed E-state index contributed by atoms with van der Waals surface area (Å²) in [6, 6.07) is 16.6. The van der Waals surface area contributed by atoms with Gasteiger partial charge in [-0.25, -0.2) is 28.5 Å². The molecule has 2 aliphatic rings. The summed E-state index contributed by atoms with van der Waals surface area (Å²) >= 11 is 0. The number of fused-ring (bicyclic) bond motifs is 2. The van der Waals surface area contributed by atoms with Gasteiger partial charge in [0.1, 0.15) is 90.3 Å². The summed E-state index contributed by atoms with van der Waals surface area (Å²) in [7, 11) is -4.96. The number of rotatable bonds is 33. The Bertz CT molecular complexity index is 2720. The average Bonchev–Trinajstić information content (AvgIpc) is 4.23. The number of nitrogens with two attached hydrogens (primary N) is 2. The summed E-state index contributed by atoms with van der Waals surface area (Å²) in [5, 5.41) is 84.3. The van der Waals surface area contributed by atoms with Crippen molar-refractivity contribution in [2.24, 2.45) is 0 Å². The van der Waals surface area contributed by atoms with Crippen molar-refractivity contribution in [2.75, 3.05) is 44.5 Å². The third kappa shape index (κ3) is 14.3. The monoisotopic (exact) mass is 1090 g/mol. The molecule has 25 heteroatoms. The van der Waals surface area contributed by atoms with Crippen molar-refractivity contribution in [3.05, 3.63) is 77.9 Å². The number of pyridine rings is 1.